The van der Waals surface area contributed by atoms with Crippen LogP contribution in [-0.4, -0.2) is 21.0 Å². The van der Waals surface area contributed by atoms with Gasteiger partial charge in [0.1, 0.15) is 0 Å². The lowest BCUT2D eigenvalue weighted by Crippen LogP contribution is -2.47. The van der Waals surface area contributed by atoms with Crippen LogP contribution in [0.25, 0.3) is 5.69 Å². The lowest BCUT2D eigenvalue weighted by atomic mass is 9.99. The van der Waals surface area contributed by atoms with E-state index in [0.717, 1.165) is 11.4 Å². The fourth-order valence-corrected chi connectivity index (χ4v) is 1.59. The normalized spacial score (nSPS) is 13.8. The second-order valence-corrected chi connectivity index (χ2v) is 4.75. The maximum atomic E-state index is 12.0. The molecule has 0 spiro atoms. The van der Waals surface area contributed by atoms with E-state index in [2.05, 4.69) is 10.3 Å². The van der Waals surface area contributed by atoms with Gasteiger partial charge in [0, 0.05) is 23.8 Å². The minimum Gasteiger partial charge on any atom is -0.324 e. The van der Waals surface area contributed by atoms with Crippen LogP contribution in [0.5, 0.6) is 0 Å². The zero-order chi connectivity index (χ0) is 13.9. The first-order valence-corrected chi connectivity index (χ1v) is 6.21. The van der Waals surface area contributed by atoms with Crippen LogP contribution in [0.15, 0.2) is 43.0 Å². The predicted octanol–water partition coefficient (Wildman–Crippen LogP) is 1.94. The molecule has 2 rings (SSSR count). The molecule has 1 heterocycles. The standard InChI is InChI=1S/C14H18N4O/c1-3-14(2,15)13(19)17-11-5-4-6-12(9-11)18-8-7-16-10-18/h4-10H,3,15H2,1-2H3,(H,17,19). The fraction of sp³-hybridized carbons (Fsp3) is 0.286. The third-order valence-corrected chi connectivity index (χ3v) is 3.16. The molecular formula is C14H18N4O. The Morgan fingerprint density at radius 3 is 2.95 bits per heavy atom. The highest BCUT2D eigenvalue weighted by Crippen LogP contribution is 2.16. The largest absolute Gasteiger partial charge is 0.324 e. The molecule has 1 aromatic heterocycles. The van der Waals surface area contributed by atoms with Crippen molar-refractivity contribution >= 4 is 11.6 Å². The van der Waals surface area contributed by atoms with Gasteiger partial charge in [0.15, 0.2) is 0 Å². The van der Waals surface area contributed by atoms with Crippen molar-refractivity contribution in [3.05, 3.63) is 43.0 Å². The molecule has 0 radical (unpaired) electrons. The van der Waals surface area contributed by atoms with Gasteiger partial charge in [-0.2, -0.15) is 0 Å². The monoisotopic (exact) mass is 258 g/mol. The highest BCUT2D eigenvalue weighted by atomic mass is 16.2. The van der Waals surface area contributed by atoms with Gasteiger partial charge in [0.05, 0.1) is 11.9 Å². The molecule has 1 unspecified atom stereocenters. The van der Waals surface area contributed by atoms with E-state index in [9.17, 15) is 4.79 Å². The maximum absolute atomic E-state index is 12.0. The molecule has 0 saturated carbocycles. The number of hydrogen-bond acceptors (Lipinski definition) is 3. The summed E-state index contributed by atoms with van der Waals surface area (Å²) in [5.74, 6) is -0.183. The summed E-state index contributed by atoms with van der Waals surface area (Å²) in [5, 5.41) is 2.84. The summed E-state index contributed by atoms with van der Waals surface area (Å²) >= 11 is 0. The Hall–Kier alpha value is -2.14. The summed E-state index contributed by atoms with van der Waals surface area (Å²) in [6, 6.07) is 7.54. The van der Waals surface area contributed by atoms with E-state index in [-0.39, 0.29) is 5.91 Å². The molecule has 19 heavy (non-hydrogen) atoms. The van der Waals surface area contributed by atoms with Crippen LogP contribution in [-0.2, 0) is 4.79 Å². The number of carbonyl (C=O) groups excluding carboxylic acids is 1. The first-order valence-electron chi connectivity index (χ1n) is 6.21. The molecule has 0 bridgehead atoms. The van der Waals surface area contributed by atoms with Crippen LogP contribution < -0.4 is 11.1 Å². The van der Waals surface area contributed by atoms with Crippen molar-refractivity contribution in [2.75, 3.05) is 5.32 Å². The number of nitrogens with zero attached hydrogens (tertiary/aromatic N) is 2. The topological polar surface area (TPSA) is 72.9 Å². The average molecular weight is 258 g/mol. The van der Waals surface area contributed by atoms with Crippen molar-refractivity contribution in [3.63, 3.8) is 0 Å². The zero-order valence-corrected chi connectivity index (χ0v) is 11.1. The van der Waals surface area contributed by atoms with E-state index >= 15 is 0 Å². The second-order valence-electron chi connectivity index (χ2n) is 4.75. The van der Waals surface area contributed by atoms with E-state index in [4.69, 9.17) is 5.73 Å². The minimum atomic E-state index is -0.856. The quantitative estimate of drug-likeness (QED) is 0.880. The van der Waals surface area contributed by atoms with Crippen LogP contribution in [0.4, 0.5) is 5.69 Å². The van der Waals surface area contributed by atoms with Crippen molar-refractivity contribution in [3.8, 4) is 5.69 Å². The number of aromatic nitrogens is 2. The molecule has 5 heteroatoms. The van der Waals surface area contributed by atoms with Gasteiger partial charge in [-0.1, -0.05) is 13.0 Å². The van der Waals surface area contributed by atoms with E-state index in [1.54, 1.807) is 19.4 Å². The average Bonchev–Trinajstić information content (AvgIpc) is 2.93. The van der Waals surface area contributed by atoms with Gasteiger partial charge in [-0.25, -0.2) is 4.98 Å². The molecular weight excluding hydrogens is 240 g/mol. The number of carbonyl (C=O) groups is 1. The molecule has 0 aliphatic carbocycles. The molecule has 1 amide bonds. The third kappa shape index (κ3) is 3.00. The third-order valence-electron chi connectivity index (χ3n) is 3.16. The summed E-state index contributed by atoms with van der Waals surface area (Å²) in [6.45, 7) is 3.61. The van der Waals surface area contributed by atoms with Crippen molar-refractivity contribution in [2.45, 2.75) is 25.8 Å². The molecule has 0 aliphatic heterocycles. The van der Waals surface area contributed by atoms with Gasteiger partial charge in [0.25, 0.3) is 0 Å². The van der Waals surface area contributed by atoms with E-state index in [1.807, 2.05) is 42.0 Å². The Kier molecular flexibility index (Phi) is 3.66. The molecule has 100 valence electrons. The van der Waals surface area contributed by atoms with E-state index in [0.29, 0.717) is 6.42 Å². The number of anilines is 1. The first kappa shape index (κ1) is 13.3. The highest BCUT2D eigenvalue weighted by molar-refractivity contribution is 5.97. The van der Waals surface area contributed by atoms with Gasteiger partial charge >= 0.3 is 0 Å². The Balaban J connectivity index is 2.19. The van der Waals surface area contributed by atoms with Crippen LogP contribution in [0.3, 0.4) is 0 Å². The Morgan fingerprint density at radius 2 is 2.32 bits per heavy atom. The van der Waals surface area contributed by atoms with Crippen molar-refractivity contribution in [1.82, 2.24) is 9.55 Å². The molecule has 0 saturated heterocycles. The lowest BCUT2D eigenvalue weighted by Gasteiger charge is -2.21. The van der Waals surface area contributed by atoms with Gasteiger partial charge in [0.2, 0.25) is 5.91 Å². The number of nitrogens with two attached hydrogens (primary N) is 1. The smallest absolute Gasteiger partial charge is 0.244 e. The number of amides is 1. The number of benzene rings is 1. The number of imidazole rings is 1. The molecule has 2 aromatic rings. The van der Waals surface area contributed by atoms with Crippen molar-refractivity contribution in [1.29, 1.82) is 0 Å². The number of nitrogens with one attached hydrogen (secondary N) is 1. The van der Waals surface area contributed by atoms with Gasteiger partial charge < -0.3 is 15.6 Å². The summed E-state index contributed by atoms with van der Waals surface area (Å²) in [7, 11) is 0. The van der Waals surface area contributed by atoms with Gasteiger partial charge in [-0.3, -0.25) is 4.79 Å². The van der Waals surface area contributed by atoms with Crippen LogP contribution in [0.1, 0.15) is 20.3 Å². The molecule has 1 aromatic carbocycles. The second kappa shape index (κ2) is 5.24. The number of hydrogen-bond donors (Lipinski definition) is 2. The van der Waals surface area contributed by atoms with Crippen LogP contribution in [0, 0.1) is 0 Å². The molecule has 1 atom stereocenters. The zero-order valence-electron chi connectivity index (χ0n) is 11.1. The lowest BCUT2D eigenvalue weighted by molar-refractivity contribution is -0.120. The summed E-state index contributed by atoms with van der Waals surface area (Å²) in [6.07, 6.45) is 5.85. The SMILES string of the molecule is CCC(C)(N)C(=O)Nc1cccc(-n2ccnc2)c1. The number of rotatable bonds is 4. The summed E-state index contributed by atoms with van der Waals surface area (Å²) < 4.78 is 1.87. The molecule has 0 aliphatic rings. The van der Waals surface area contributed by atoms with Crippen molar-refractivity contribution < 1.29 is 4.79 Å². The summed E-state index contributed by atoms with van der Waals surface area (Å²) in [5.41, 5.74) is 6.72. The Morgan fingerprint density at radius 1 is 1.53 bits per heavy atom. The predicted molar refractivity (Wildman–Crippen MR) is 75.1 cm³/mol. The van der Waals surface area contributed by atoms with E-state index in [1.165, 1.54) is 0 Å². The highest BCUT2D eigenvalue weighted by Gasteiger charge is 2.25. The molecule has 0 fully saturated rings. The Bertz CT molecular complexity index is 561. The summed E-state index contributed by atoms with van der Waals surface area (Å²) in [4.78, 5) is 16.0. The molecule has 3 N–H and O–H groups in total. The van der Waals surface area contributed by atoms with Crippen LogP contribution >= 0.6 is 0 Å². The Labute approximate surface area is 112 Å². The maximum Gasteiger partial charge on any atom is 0.244 e. The van der Waals surface area contributed by atoms with Gasteiger partial charge in [-0.15, -0.1) is 0 Å². The minimum absolute atomic E-state index is 0.183. The van der Waals surface area contributed by atoms with Crippen molar-refractivity contribution in [2.24, 2.45) is 5.73 Å². The van der Waals surface area contributed by atoms with Crippen LogP contribution in [0.2, 0.25) is 0 Å². The first-order chi connectivity index (χ1) is 9.03. The fourth-order valence-electron chi connectivity index (χ4n) is 1.59. The molecule has 5 nitrogen and oxygen atoms in total. The van der Waals surface area contributed by atoms with Gasteiger partial charge in [-0.05, 0) is 31.5 Å². The van der Waals surface area contributed by atoms with E-state index < -0.39 is 5.54 Å².